The molecule has 3 aromatic rings. The summed E-state index contributed by atoms with van der Waals surface area (Å²) in [7, 11) is 0. The second-order valence-corrected chi connectivity index (χ2v) is 6.47. The average Bonchev–Trinajstić information content (AvgIpc) is 3.22. The van der Waals surface area contributed by atoms with E-state index >= 15 is 0 Å². The molecule has 0 radical (unpaired) electrons. The third kappa shape index (κ3) is 2.46. The van der Waals surface area contributed by atoms with E-state index in [1.807, 2.05) is 4.90 Å². The number of rotatable bonds is 2. The van der Waals surface area contributed by atoms with Gasteiger partial charge in [-0.15, -0.1) is 0 Å². The topological polar surface area (TPSA) is 61.9 Å². The third-order valence-corrected chi connectivity index (χ3v) is 4.87. The lowest BCUT2D eigenvalue weighted by molar-refractivity contribution is 0.0730. The lowest BCUT2D eigenvalue weighted by Gasteiger charge is -2.23. The SMILES string of the molecule is Cc1cc2nc(C3CCCN3C(=O)c3ccncc3)[nH]c2cc1C. The lowest BCUT2D eigenvalue weighted by atomic mass is 10.1. The summed E-state index contributed by atoms with van der Waals surface area (Å²) in [6, 6.07) is 7.78. The fourth-order valence-electron chi connectivity index (χ4n) is 3.40. The number of aromatic amines is 1. The van der Waals surface area contributed by atoms with Gasteiger partial charge in [-0.05, 0) is 62.1 Å². The Morgan fingerprint density at radius 1 is 1.21 bits per heavy atom. The molecule has 1 fully saturated rings. The van der Waals surface area contributed by atoms with Crippen molar-refractivity contribution in [1.29, 1.82) is 0 Å². The highest BCUT2D eigenvalue weighted by Gasteiger charge is 2.32. The van der Waals surface area contributed by atoms with Crippen molar-refractivity contribution in [1.82, 2.24) is 19.9 Å². The number of carbonyl (C=O) groups is 1. The molecule has 1 aromatic carbocycles. The maximum absolute atomic E-state index is 12.8. The number of amides is 1. The predicted octanol–water partition coefficient (Wildman–Crippen LogP) is 3.55. The zero-order chi connectivity index (χ0) is 16.7. The number of likely N-dealkylation sites (tertiary alicyclic amines) is 1. The predicted molar refractivity (Wildman–Crippen MR) is 92.8 cm³/mol. The third-order valence-electron chi connectivity index (χ3n) is 4.87. The number of hydrogen-bond acceptors (Lipinski definition) is 3. The summed E-state index contributed by atoms with van der Waals surface area (Å²) >= 11 is 0. The number of aromatic nitrogens is 3. The zero-order valence-corrected chi connectivity index (χ0v) is 13.9. The van der Waals surface area contributed by atoms with Crippen LogP contribution in [-0.4, -0.2) is 32.3 Å². The molecular formula is C19H20N4O. The Hall–Kier alpha value is -2.69. The molecular weight excluding hydrogens is 300 g/mol. The number of nitrogens with one attached hydrogen (secondary N) is 1. The molecule has 1 amide bonds. The van der Waals surface area contributed by atoms with E-state index in [2.05, 4.69) is 35.9 Å². The van der Waals surface area contributed by atoms with E-state index < -0.39 is 0 Å². The van der Waals surface area contributed by atoms with Crippen molar-refractivity contribution in [3.8, 4) is 0 Å². The van der Waals surface area contributed by atoms with Gasteiger partial charge in [0.25, 0.3) is 5.91 Å². The molecule has 5 nitrogen and oxygen atoms in total. The van der Waals surface area contributed by atoms with Crippen LogP contribution in [0.25, 0.3) is 11.0 Å². The van der Waals surface area contributed by atoms with Crippen LogP contribution in [0.3, 0.4) is 0 Å². The molecule has 2 aromatic heterocycles. The van der Waals surface area contributed by atoms with E-state index in [1.54, 1.807) is 24.5 Å². The van der Waals surface area contributed by atoms with E-state index in [-0.39, 0.29) is 11.9 Å². The van der Waals surface area contributed by atoms with Crippen molar-refractivity contribution in [3.63, 3.8) is 0 Å². The summed E-state index contributed by atoms with van der Waals surface area (Å²) in [5.74, 6) is 0.933. The molecule has 1 aliphatic heterocycles. The van der Waals surface area contributed by atoms with Crippen LogP contribution in [0.4, 0.5) is 0 Å². The zero-order valence-electron chi connectivity index (χ0n) is 13.9. The van der Waals surface area contributed by atoms with Crippen molar-refractivity contribution in [2.75, 3.05) is 6.54 Å². The summed E-state index contributed by atoms with van der Waals surface area (Å²) in [5, 5.41) is 0. The Morgan fingerprint density at radius 3 is 2.75 bits per heavy atom. The molecule has 3 heterocycles. The lowest BCUT2D eigenvalue weighted by Crippen LogP contribution is -2.31. The number of H-pyrrole nitrogens is 1. The number of fused-ring (bicyclic) bond motifs is 1. The van der Waals surface area contributed by atoms with Crippen molar-refractivity contribution in [2.45, 2.75) is 32.7 Å². The van der Waals surface area contributed by atoms with Crippen LogP contribution in [0.1, 0.15) is 46.2 Å². The summed E-state index contributed by atoms with van der Waals surface area (Å²) in [4.78, 5) is 26.9. The van der Waals surface area contributed by atoms with Crippen molar-refractivity contribution in [3.05, 3.63) is 59.2 Å². The summed E-state index contributed by atoms with van der Waals surface area (Å²) in [6.07, 6.45) is 5.25. The Labute approximate surface area is 140 Å². The van der Waals surface area contributed by atoms with Crippen molar-refractivity contribution in [2.24, 2.45) is 0 Å². The molecule has 1 atom stereocenters. The monoisotopic (exact) mass is 320 g/mol. The number of hydrogen-bond donors (Lipinski definition) is 1. The van der Waals surface area contributed by atoms with Gasteiger partial charge in [0.1, 0.15) is 5.82 Å². The molecule has 5 heteroatoms. The van der Waals surface area contributed by atoms with Crippen LogP contribution in [0.5, 0.6) is 0 Å². The molecule has 4 rings (SSSR count). The molecule has 0 aliphatic carbocycles. The molecule has 24 heavy (non-hydrogen) atoms. The summed E-state index contributed by atoms with van der Waals surface area (Å²) in [5.41, 5.74) is 5.16. The normalized spacial score (nSPS) is 17.6. The Balaban J connectivity index is 1.69. The van der Waals surface area contributed by atoms with E-state index in [9.17, 15) is 4.79 Å². The van der Waals surface area contributed by atoms with Crippen LogP contribution < -0.4 is 0 Å². The number of aryl methyl sites for hydroxylation is 2. The first kappa shape index (κ1) is 14.9. The Kier molecular flexibility index (Phi) is 3.56. The minimum Gasteiger partial charge on any atom is -0.340 e. The highest BCUT2D eigenvalue weighted by molar-refractivity contribution is 5.94. The number of pyridine rings is 1. The van der Waals surface area contributed by atoms with Gasteiger partial charge in [-0.25, -0.2) is 4.98 Å². The number of carbonyl (C=O) groups excluding carboxylic acids is 1. The van der Waals surface area contributed by atoms with Crippen molar-refractivity contribution >= 4 is 16.9 Å². The standard InChI is InChI=1S/C19H20N4O/c1-12-10-15-16(11-13(12)2)22-18(21-15)17-4-3-9-23(17)19(24)14-5-7-20-8-6-14/h5-8,10-11,17H,3-4,9H2,1-2H3,(H,21,22). The van der Waals surface area contributed by atoms with Gasteiger partial charge in [-0.1, -0.05) is 0 Å². The molecule has 1 saturated heterocycles. The van der Waals surface area contributed by atoms with E-state index in [1.165, 1.54) is 11.1 Å². The minimum atomic E-state index is 0.0127. The van der Waals surface area contributed by atoms with E-state index in [4.69, 9.17) is 4.98 Å². The van der Waals surface area contributed by atoms with Gasteiger partial charge in [-0.2, -0.15) is 0 Å². The van der Waals surface area contributed by atoms with Gasteiger partial charge in [0.05, 0.1) is 17.1 Å². The van der Waals surface area contributed by atoms with Gasteiger partial charge in [0, 0.05) is 24.5 Å². The molecule has 1 N–H and O–H groups in total. The van der Waals surface area contributed by atoms with Gasteiger partial charge < -0.3 is 9.88 Å². The largest absolute Gasteiger partial charge is 0.340 e. The van der Waals surface area contributed by atoms with Gasteiger partial charge in [-0.3, -0.25) is 9.78 Å². The first-order valence-corrected chi connectivity index (χ1v) is 8.31. The quantitative estimate of drug-likeness (QED) is 0.785. The second kappa shape index (κ2) is 5.74. The summed E-state index contributed by atoms with van der Waals surface area (Å²) < 4.78 is 0. The first-order chi connectivity index (χ1) is 11.6. The van der Waals surface area contributed by atoms with Gasteiger partial charge in [0.15, 0.2) is 0 Å². The molecule has 0 saturated carbocycles. The van der Waals surface area contributed by atoms with Crippen LogP contribution in [0.2, 0.25) is 0 Å². The van der Waals surface area contributed by atoms with Crippen molar-refractivity contribution < 1.29 is 4.79 Å². The van der Waals surface area contributed by atoms with E-state index in [0.29, 0.717) is 5.56 Å². The highest BCUT2D eigenvalue weighted by atomic mass is 16.2. The van der Waals surface area contributed by atoms with Crippen LogP contribution in [0.15, 0.2) is 36.7 Å². The summed E-state index contributed by atoms with van der Waals surface area (Å²) in [6.45, 7) is 4.96. The average molecular weight is 320 g/mol. The molecule has 1 unspecified atom stereocenters. The highest BCUT2D eigenvalue weighted by Crippen LogP contribution is 2.33. The maximum Gasteiger partial charge on any atom is 0.254 e. The minimum absolute atomic E-state index is 0.0127. The fourth-order valence-corrected chi connectivity index (χ4v) is 3.40. The number of imidazole rings is 1. The van der Waals surface area contributed by atoms with E-state index in [0.717, 1.165) is 36.2 Å². The van der Waals surface area contributed by atoms with Crippen LogP contribution >= 0.6 is 0 Å². The molecule has 0 bridgehead atoms. The van der Waals surface area contributed by atoms with Gasteiger partial charge in [0.2, 0.25) is 0 Å². The van der Waals surface area contributed by atoms with Crippen LogP contribution in [0, 0.1) is 13.8 Å². The number of nitrogens with zero attached hydrogens (tertiary/aromatic N) is 3. The van der Waals surface area contributed by atoms with Crippen LogP contribution in [-0.2, 0) is 0 Å². The van der Waals surface area contributed by atoms with Gasteiger partial charge >= 0.3 is 0 Å². The molecule has 0 spiro atoms. The fraction of sp³-hybridized carbons (Fsp3) is 0.316. The molecule has 1 aliphatic rings. The Morgan fingerprint density at radius 2 is 1.96 bits per heavy atom. The molecule has 122 valence electrons. The second-order valence-electron chi connectivity index (χ2n) is 6.47. The Bertz CT molecular complexity index is 861. The smallest absolute Gasteiger partial charge is 0.254 e. The maximum atomic E-state index is 12.8. The number of benzene rings is 1. The first-order valence-electron chi connectivity index (χ1n) is 8.31.